The molecule has 1 spiro atoms. The Morgan fingerprint density at radius 3 is 2.54 bits per heavy atom. The minimum Gasteiger partial charge on any atom is -0.368 e. The van der Waals surface area contributed by atoms with Crippen molar-refractivity contribution < 1.29 is 14.3 Å². The van der Waals surface area contributed by atoms with E-state index in [4.69, 9.17) is 4.74 Å². The summed E-state index contributed by atoms with van der Waals surface area (Å²) in [5.74, 6) is 0.323. The van der Waals surface area contributed by atoms with Gasteiger partial charge in [0.1, 0.15) is 11.6 Å². The van der Waals surface area contributed by atoms with Gasteiger partial charge in [-0.2, -0.15) is 0 Å². The number of hydrogen-bond acceptors (Lipinski definition) is 4. The van der Waals surface area contributed by atoms with Crippen molar-refractivity contribution in [1.29, 1.82) is 0 Å². The normalized spacial score (nSPS) is 27.2. The Kier molecular flexibility index (Phi) is 5.45. The first kappa shape index (κ1) is 17.7. The third-order valence-corrected chi connectivity index (χ3v) is 5.68. The Balaban J connectivity index is 1.45. The quantitative estimate of drug-likeness (QED) is 0.817. The van der Waals surface area contributed by atoms with Crippen LogP contribution in [0, 0.1) is 0 Å². The molecule has 6 heteroatoms. The van der Waals surface area contributed by atoms with Crippen LogP contribution in [0.15, 0.2) is 0 Å². The average molecular weight is 337 g/mol. The zero-order valence-electron chi connectivity index (χ0n) is 15.1. The highest BCUT2D eigenvalue weighted by Gasteiger charge is 2.51. The molecular weight excluding hydrogens is 306 g/mol. The Morgan fingerprint density at radius 1 is 1.21 bits per heavy atom. The second kappa shape index (κ2) is 7.40. The standard InChI is InChI=1S/C18H31N3O3/c1-3-4-9-16(22)21-12-18(13-21)11-20(2)15(10-24-18)17(23)19-14-7-5-6-8-14/h14-15H,3-13H2,1-2H3,(H,19,23). The molecule has 1 saturated carbocycles. The zero-order valence-corrected chi connectivity index (χ0v) is 15.1. The van der Waals surface area contributed by atoms with Crippen molar-refractivity contribution in [3.63, 3.8) is 0 Å². The van der Waals surface area contributed by atoms with Crippen molar-refractivity contribution in [2.45, 2.75) is 69.6 Å². The van der Waals surface area contributed by atoms with E-state index in [1.807, 2.05) is 11.9 Å². The van der Waals surface area contributed by atoms with Crippen LogP contribution >= 0.6 is 0 Å². The monoisotopic (exact) mass is 337 g/mol. The van der Waals surface area contributed by atoms with Gasteiger partial charge in [-0.25, -0.2) is 0 Å². The van der Waals surface area contributed by atoms with Crippen molar-refractivity contribution in [3.8, 4) is 0 Å². The number of hydrogen-bond donors (Lipinski definition) is 1. The van der Waals surface area contributed by atoms with E-state index in [0.29, 0.717) is 38.7 Å². The van der Waals surface area contributed by atoms with Crippen molar-refractivity contribution >= 4 is 11.8 Å². The Bertz CT molecular complexity index is 470. The number of unbranched alkanes of at least 4 members (excludes halogenated alkanes) is 1. The maximum Gasteiger partial charge on any atom is 0.239 e. The number of nitrogens with one attached hydrogen (secondary N) is 1. The molecule has 0 bridgehead atoms. The summed E-state index contributed by atoms with van der Waals surface area (Å²) in [6, 6.07) is 0.137. The van der Waals surface area contributed by atoms with Gasteiger partial charge in [0.2, 0.25) is 11.8 Å². The lowest BCUT2D eigenvalue weighted by atomic mass is 9.90. The van der Waals surface area contributed by atoms with E-state index in [1.54, 1.807) is 0 Å². The van der Waals surface area contributed by atoms with E-state index in [-0.39, 0.29) is 23.5 Å². The van der Waals surface area contributed by atoms with Gasteiger partial charge in [-0.3, -0.25) is 14.5 Å². The maximum absolute atomic E-state index is 12.5. The molecule has 1 atom stereocenters. The zero-order chi connectivity index (χ0) is 17.2. The number of rotatable bonds is 5. The van der Waals surface area contributed by atoms with Crippen molar-refractivity contribution in [2.24, 2.45) is 0 Å². The molecule has 1 N–H and O–H groups in total. The van der Waals surface area contributed by atoms with Crippen LogP contribution < -0.4 is 5.32 Å². The highest BCUT2D eigenvalue weighted by atomic mass is 16.5. The first-order valence-electron chi connectivity index (χ1n) is 9.45. The molecule has 2 saturated heterocycles. The third kappa shape index (κ3) is 3.75. The number of carbonyl (C=O) groups is 2. The molecule has 136 valence electrons. The topological polar surface area (TPSA) is 61.9 Å². The SMILES string of the molecule is CCCCC(=O)N1CC2(C1)CN(C)C(C(=O)NC1CCCC1)CO2. The average Bonchev–Trinajstić information content (AvgIpc) is 3.02. The molecule has 0 radical (unpaired) electrons. The fourth-order valence-electron chi connectivity index (χ4n) is 4.14. The van der Waals surface area contributed by atoms with Gasteiger partial charge in [0, 0.05) is 19.0 Å². The molecule has 3 fully saturated rings. The molecule has 3 aliphatic rings. The number of likely N-dealkylation sites (tertiary alicyclic amines) is 1. The van der Waals surface area contributed by atoms with Gasteiger partial charge in [0.05, 0.1) is 19.7 Å². The number of morpholine rings is 1. The Labute approximate surface area is 144 Å². The van der Waals surface area contributed by atoms with Crippen molar-refractivity contribution in [2.75, 3.05) is 33.3 Å². The lowest BCUT2D eigenvalue weighted by Gasteiger charge is -2.54. The summed E-state index contributed by atoms with van der Waals surface area (Å²) < 4.78 is 6.06. The molecule has 0 aromatic carbocycles. The predicted octanol–water partition coefficient (Wildman–Crippen LogP) is 1.15. The number of nitrogens with zero attached hydrogens (tertiary/aromatic N) is 2. The first-order valence-corrected chi connectivity index (χ1v) is 9.45. The molecule has 0 aromatic rings. The van der Waals surface area contributed by atoms with Gasteiger partial charge < -0.3 is 15.0 Å². The molecule has 3 rings (SSSR count). The van der Waals surface area contributed by atoms with E-state index in [0.717, 1.165) is 25.7 Å². The van der Waals surface area contributed by atoms with Gasteiger partial charge in [-0.05, 0) is 26.3 Å². The number of ether oxygens (including phenoxy) is 1. The van der Waals surface area contributed by atoms with Crippen molar-refractivity contribution in [1.82, 2.24) is 15.1 Å². The third-order valence-electron chi connectivity index (χ3n) is 5.68. The Morgan fingerprint density at radius 2 is 1.92 bits per heavy atom. The van der Waals surface area contributed by atoms with Gasteiger partial charge in [-0.1, -0.05) is 26.2 Å². The molecule has 2 aliphatic heterocycles. The summed E-state index contributed by atoms with van der Waals surface area (Å²) in [6.07, 6.45) is 7.26. The molecule has 6 nitrogen and oxygen atoms in total. The van der Waals surface area contributed by atoms with Crippen LogP contribution in [0.1, 0.15) is 51.9 Å². The van der Waals surface area contributed by atoms with E-state index < -0.39 is 0 Å². The van der Waals surface area contributed by atoms with Gasteiger partial charge in [0.25, 0.3) is 0 Å². The fourth-order valence-corrected chi connectivity index (χ4v) is 4.14. The van der Waals surface area contributed by atoms with Crippen LogP contribution in [0.25, 0.3) is 0 Å². The fraction of sp³-hybridized carbons (Fsp3) is 0.889. The second-order valence-electron chi connectivity index (χ2n) is 7.77. The summed E-state index contributed by atoms with van der Waals surface area (Å²) in [4.78, 5) is 28.5. The molecule has 2 heterocycles. The van der Waals surface area contributed by atoms with Gasteiger partial charge in [-0.15, -0.1) is 0 Å². The highest BCUT2D eigenvalue weighted by Crippen LogP contribution is 2.31. The minimum absolute atomic E-state index is 0.0921. The molecular formula is C18H31N3O3. The number of carbonyl (C=O) groups excluding carboxylic acids is 2. The van der Waals surface area contributed by atoms with Crippen LogP contribution in [-0.4, -0.2) is 72.6 Å². The lowest BCUT2D eigenvalue weighted by molar-refractivity contribution is -0.201. The lowest BCUT2D eigenvalue weighted by Crippen LogP contribution is -2.73. The summed E-state index contributed by atoms with van der Waals surface area (Å²) in [7, 11) is 1.99. The number of likely N-dealkylation sites (N-methyl/N-ethyl adjacent to an activating group) is 1. The molecule has 1 unspecified atom stereocenters. The summed E-state index contributed by atoms with van der Waals surface area (Å²) in [5.41, 5.74) is -0.263. The maximum atomic E-state index is 12.5. The van der Waals surface area contributed by atoms with E-state index in [2.05, 4.69) is 17.1 Å². The largest absolute Gasteiger partial charge is 0.368 e. The molecule has 1 aliphatic carbocycles. The van der Waals surface area contributed by atoms with Gasteiger partial charge in [0.15, 0.2) is 0 Å². The second-order valence-corrected chi connectivity index (χ2v) is 7.77. The predicted molar refractivity (Wildman–Crippen MR) is 91.6 cm³/mol. The molecule has 24 heavy (non-hydrogen) atoms. The molecule has 2 amide bonds. The first-order chi connectivity index (χ1) is 11.5. The van der Waals surface area contributed by atoms with E-state index in [1.165, 1.54) is 12.8 Å². The van der Waals surface area contributed by atoms with E-state index >= 15 is 0 Å². The highest BCUT2D eigenvalue weighted by molar-refractivity contribution is 5.82. The Hall–Kier alpha value is -1.14. The van der Waals surface area contributed by atoms with Crippen LogP contribution in [0.2, 0.25) is 0 Å². The summed E-state index contributed by atoms with van der Waals surface area (Å²) in [6.45, 7) is 4.56. The van der Waals surface area contributed by atoms with Crippen LogP contribution in [0.3, 0.4) is 0 Å². The minimum atomic E-state index is -0.263. The van der Waals surface area contributed by atoms with Crippen molar-refractivity contribution in [3.05, 3.63) is 0 Å². The van der Waals surface area contributed by atoms with Crippen LogP contribution in [0.4, 0.5) is 0 Å². The van der Waals surface area contributed by atoms with Gasteiger partial charge >= 0.3 is 0 Å². The summed E-state index contributed by atoms with van der Waals surface area (Å²) >= 11 is 0. The number of amides is 2. The molecule has 0 aromatic heterocycles. The summed E-state index contributed by atoms with van der Waals surface area (Å²) in [5, 5.41) is 3.17. The smallest absolute Gasteiger partial charge is 0.239 e. The van der Waals surface area contributed by atoms with Crippen LogP contribution in [0.5, 0.6) is 0 Å². The van der Waals surface area contributed by atoms with Crippen LogP contribution in [-0.2, 0) is 14.3 Å². The van der Waals surface area contributed by atoms with E-state index in [9.17, 15) is 9.59 Å².